The molecule has 1 unspecified atom stereocenters. The molecule has 0 saturated carbocycles. The van der Waals surface area contributed by atoms with Crippen molar-refractivity contribution in [3.63, 3.8) is 0 Å². The van der Waals surface area contributed by atoms with Crippen LogP contribution in [-0.2, 0) is 15.9 Å². The van der Waals surface area contributed by atoms with Crippen LogP contribution in [0.2, 0.25) is 6.82 Å². The first-order valence-corrected chi connectivity index (χ1v) is 7.14. The van der Waals surface area contributed by atoms with Gasteiger partial charge in [-0.3, -0.25) is 9.59 Å². The van der Waals surface area contributed by atoms with Crippen molar-refractivity contribution in [1.82, 2.24) is 5.32 Å². The smallest absolute Gasteiger partial charge is 0.243 e. The highest BCUT2D eigenvalue weighted by atomic mass is 16.2. The second kappa shape index (κ2) is 8.47. The lowest BCUT2D eigenvalue weighted by Gasteiger charge is -2.15. The van der Waals surface area contributed by atoms with Crippen LogP contribution in [0.15, 0.2) is 24.3 Å². The first-order valence-electron chi connectivity index (χ1n) is 7.14. The fraction of sp³-hybridized carbons (Fsp3) is 0.467. The molecule has 1 rings (SSSR count). The molecule has 0 saturated heterocycles. The number of nitrogens with one attached hydrogen (secondary N) is 2. The predicted octanol–water partition coefficient (Wildman–Crippen LogP) is 0.977. The molecule has 0 heterocycles. The molecular formula is C15H23BN3O2. The Balaban J connectivity index is 2.41. The summed E-state index contributed by atoms with van der Waals surface area (Å²) in [5.41, 5.74) is 7.59. The van der Waals surface area contributed by atoms with Crippen molar-refractivity contribution in [3.05, 3.63) is 29.8 Å². The number of anilines is 1. The highest BCUT2D eigenvalue weighted by Gasteiger charge is 2.17. The molecule has 0 aliphatic rings. The summed E-state index contributed by atoms with van der Waals surface area (Å²) in [6, 6.07) is 7.02. The Morgan fingerprint density at radius 2 is 1.86 bits per heavy atom. The SMILES string of the molecule is C[B]Cc1ccc(NC(=O)CNC(=O)C(N)C(C)C)cc1. The maximum atomic E-state index is 11.7. The van der Waals surface area contributed by atoms with Gasteiger partial charge in [0.25, 0.3) is 0 Å². The second-order valence-corrected chi connectivity index (χ2v) is 5.35. The fourth-order valence-electron chi connectivity index (χ4n) is 1.75. The van der Waals surface area contributed by atoms with E-state index in [-0.39, 0.29) is 24.3 Å². The average molecular weight is 288 g/mol. The third kappa shape index (κ3) is 6.00. The number of hydrogen-bond acceptors (Lipinski definition) is 3. The molecule has 1 atom stereocenters. The van der Waals surface area contributed by atoms with Crippen LogP contribution in [0.1, 0.15) is 19.4 Å². The zero-order chi connectivity index (χ0) is 15.8. The van der Waals surface area contributed by atoms with E-state index in [1.165, 1.54) is 5.56 Å². The first-order chi connectivity index (χ1) is 9.93. The molecule has 2 amide bonds. The number of carbonyl (C=O) groups is 2. The van der Waals surface area contributed by atoms with Gasteiger partial charge < -0.3 is 16.4 Å². The van der Waals surface area contributed by atoms with Crippen molar-refractivity contribution in [3.8, 4) is 0 Å². The van der Waals surface area contributed by atoms with E-state index < -0.39 is 6.04 Å². The summed E-state index contributed by atoms with van der Waals surface area (Å²) in [4.78, 5) is 23.4. The van der Waals surface area contributed by atoms with Gasteiger partial charge in [0.1, 0.15) is 7.28 Å². The van der Waals surface area contributed by atoms with E-state index in [0.717, 1.165) is 6.32 Å². The molecule has 0 aliphatic carbocycles. The maximum Gasteiger partial charge on any atom is 0.243 e. The Kier molecular flexibility index (Phi) is 6.95. The van der Waals surface area contributed by atoms with Crippen molar-refractivity contribution in [2.75, 3.05) is 11.9 Å². The minimum atomic E-state index is -0.595. The topological polar surface area (TPSA) is 84.2 Å². The van der Waals surface area contributed by atoms with Gasteiger partial charge in [0.2, 0.25) is 11.8 Å². The Hall–Kier alpha value is -1.82. The molecule has 4 N–H and O–H groups in total. The number of rotatable bonds is 7. The largest absolute Gasteiger partial charge is 0.346 e. The molecule has 1 aromatic carbocycles. The predicted molar refractivity (Wildman–Crippen MR) is 86.2 cm³/mol. The Bertz CT molecular complexity index is 474. The third-order valence-electron chi connectivity index (χ3n) is 3.12. The second-order valence-electron chi connectivity index (χ2n) is 5.35. The molecule has 6 heteroatoms. The first kappa shape index (κ1) is 17.2. The van der Waals surface area contributed by atoms with Crippen molar-refractivity contribution in [2.24, 2.45) is 11.7 Å². The van der Waals surface area contributed by atoms with Gasteiger partial charge in [-0.15, -0.1) is 0 Å². The highest BCUT2D eigenvalue weighted by Crippen LogP contribution is 2.09. The lowest BCUT2D eigenvalue weighted by molar-refractivity contribution is -0.125. The number of benzene rings is 1. The van der Waals surface area contributed by atoms with Crippen molar-refractivity contribution < 1.29 is 9.59 Å². The summed E-state index contributed by atoms with van der Waals surface area (Å²) in [6.07, 6.45) is 0.900. The van der Waals surface area contributed by atoms with Crippen LogP contribution in [0.5, 0.6) is 0 Å². The van der Waals surface area contributed by atoms with Crippen LogP contribution in [0.4, 0.5) is 5.69 Å². The molecule has 113 valence electrons. The van der Waals surface area contributed by atoms with Crippen molar-refractivity contribution in [2.45, 2.75) is 33.0 Å². The summed E-state index contributed by atoms with van der Waals surface area (Å²) >= 11 is 0. The summed E-state index contributed by atoms with van der Waals surface area (Å²) < 4.78 is 0. The quantitative estimate of drug-likeness (QED) is 0.654. The van der Waals surface area contributed by atoms with Crippen LogP contribution in [0.3, 0.4) is 0 Å². The van der Waals surface area contributed by atoms with Gasteiger partial charge in [-0.25, -0.2) is 0 Å². The molecule has 0 fully saturated rings. The molecule has 0 aliphatic heterocycles. The molecule has 0 aromatic heterocycles. The van der Waals surface area contributed by atoms with Crippen LogP contribution in [0.25, 0.3) is 0 Å². The Labute approximate surface area is 126 Å². The van der Waals surface area contributed by atoms with Gasteiger partial charge in [0.05, 0.1) is 12.6 Å². The van der Waals surface area contributed by atoms with E-state index in [1.54, 1.807) is 0 Å². The Morgan fingerprint density at radius 3 is 2.38 bits per heavy atom. The number of carbonyl (C=O) groups excluding carboxylic acids is 2. The van der Waals surface area contributed by atoms with Gasteiger partial charge in [-0.05, 0) is 18.1 Å². The van der Waals surface area contributed by atoms with Crippen LogP contribution in [-0.4, -0.2) is 31.7 Å². The van der Waals surface area contributed by atoms with E-state index in [2.05, 4.69) is 17.9 Å². The van der Waals surface area contributed by atoms with Crippen molar-refractivity contribution in [1.29, 1.82) is 0 Å². The normalized spacial score (nSPS) is 11.9. The van der Waals surface area contributed by atoms with Crippen LogP contribution >= 0.6 is 0 Å². The highest BCUT2D eigenvalue weighted by molar-refractivity contribution is 6.32. The van der Waals surface area contributed by atoms with Gasteiger partial charge in [-0.2, -0.15) is 0 Å². The fourth-order valence-corrected chi connectivity index (χ4v) is 1.75. The van der Waals surface area contributed by atoms with Crippen LogP contribution < -0.4 is 16.4 Å². The van der Waals surface area contributed by atoms with Gasteiger partial charge in [0.15, 0.2) is 0 Å². The number of hydrogen-bond donors (Lipinski definition) is 3. The summed E-state index contributed by atoms with van der Waals surface area (Å²) in [6.45, 7) is 5.64. The number of nitrogens with two attached hydrogens (primary N) is 1. The van der Waals surface area contributed by atoms with Gasteiger partial charge in [-0.1, -0.05) is 44.7 Å². The lowest BCUT2D eigenvalue weighted by atomic mass is 9.75. The maximum absolute atomic E-state index is 11.7. The Morgan fingerprint density at radius 1 is 1.24 bits per heavy atom. The summed E-state index contributed by atoms with van der Waals surface area (Å²) in [7, 11) is 2.07. The molecule has 1 aromatic rings. The minimum absolute atomic E-state index is 0.0379. The molecule has 0 bridgehead atoms. The van der Waals surface area contributed by atoms with E-state index in [1.807, 2.05) is 44.9 Å². The van der Waals surface area contributed by atoms with E-state index >= 15 is 0 Å². The van der Waals surface area contributed by atoms with E-state index in [4.69, 9.17) is 5.73 Å². The van der Waals surface area contributed by atoms with Gasteiger partial charge in [0, 0.05) is 5.69 Å². The number of amides is 2. The summed E-state index contributed by atoms with van der Waals surface area (Å²) in [5, 5.41) is 5.26. The monoisotopic (exact) mass is 288 g/mol. The summed E-state index contributed by atoms with van der Waals surface area (Å²) in [5.74, 6) is -0.543. The zero-order valence-corrected chi connectivity index (χ0v) is 12.8. The van der Waals surface area contributed by atoms with Gasteiger partial charge >= 0.3 is 0 Å². The molecule has 21 heavy (non-hydrogen) atoms. The van der Waals surface area contributed by atoms with E-state index in [0.29, 0.717) is 5.69 Å². The molecule has 1 radical (unpaired) electrons. The van der Waals surface area contributed by atoms with Crippen molar-refractivity contribution >= 4 is 24.8 Å². The van der Waals surface area contributed by atoms with Crippen LogP contribution in [0, 0.1) is 5.92 Å². The van der Waals surface area contributed by atoms with E-state index in [9.17, 15) is 9.59 Å². The molecular weight excluding hydrogens is 265 g/mol. The zero-order valence-electron chi connectivity index (χ0n) is 12.8. The third-order valence-corrected chi connectivity index (χ3v) is 3.12. The minimum Gasteiger partial charge on any atom is -0.346 e. The standard InChI is InChI=1S/C15H23BN3O2/c1-10(2)14(17)15(21)18-9-13(20)19-12-6-4-11(5-7-12)8-16-3/h4-7,10,14H,8-9,17H2,1-3H3,(H,18,21)(H,19,20). The molecule has 0 spiro atoms. The molecule has 5 nitrogen and oxygen atoms in total. The lowest BCUT2D eigenvalue weighted by Crippen LogP contribution is -2.46. The average Bonchev–Trinajstić information content (AvgIpc) is 2.46.